The third kappa shape index (κ3) is 14.1. The molecule has 3 nitrogen and oxygen atoms in total. The van der Waals surface area contributed by atoms with Crippen molar-refractivity contribution in [2.75, 3.05) is 34.3 Å². The van der Waals surface area contributed by atoms with Gasteiger partial charge in [-0.3, -0.25) is 0 Å². The van der Waals surface area contributed by atoms with Crippen LogP contribution < -0.4 is 0 Å². The van der Waals surface area contributed by atoms with Gasteiger partial charge in [-0.2, -0.15) is 0 Å². The number of quaternary nitrogens is 1. The summed E-state index contributed by atoms with van der Waals surface area (Å²) in [6.07, 6.45) is 8.05. The molecule has 0 atom stereocenters. The second kappa shape index (κ2) is 10.9. The van der Waals surface area contributed by atoms with Crippen molar-refractivity contribution in [1.29, 1.82) is 0 Å². The van der Waals surface area contributed by atoms with Crippen LogP contribution in [0.2, 0.25) is 0 Å². The van der Waals surface area contributed by atoms with Gasteiger partial charge >= 0.3 is 0 Å². The molecule has 0 amide bonds. The lowest BCUT2D eigenvalue weighted by Crippen LogP contribution is -2.37. The molecule has 0 saturated carbocycles. The van der Waals surface area contributed by atoms with Gasteiger partial charge in [-0.25, -0.2) is 0 Å². The molecule has 0 unspecified atom stereocenters. The summed E-state index contributed by atoms with van der Waals surface area (Å²) in [4.78, 5) is 11.5. The van der Waals surface area contributed by atoms with Crippen LogP contribution in [0.3, 0.4) is 0 Å². The van der Waals surface area contributed by atoms with Gasteiger partial charge in [0.2, 0.25) is 0 Å². The Balaban J connectivity index is 3.28. The van der Waals surface area contributed by atoms with E-state index in [2.05, 4.69) is 28.1 Å². The maximum absolute atomic E-state index is 11.5. The zero-order valence-corrected chi connectivity index (χ0v) is 13.5. The molecule has 108 valence electrons. The molecular weight excluding hydrogens is 245 g/mol. The van der Waals surface area contributed by atoms with Crippen molar-refractivity contribution in [1.82, 2.24) is 0 Å². The van der Waals surface area contributed by atoms with Crippen LogP contribution in [0.4, 0.5) is 0 Å². The minimum atomic E-state index is 0.229. The third-order valence-corrected chi connectivity index (χ3v) is 3.50. The summed E-state index contributed by atoms with van der Waals surface area (Å²) in [5.41, 5.74) is 0.229. The summed E-state index contributed by atoms with van der Waals surface area (Å²) in [6.45, 7) is 3.82. The molecule has 0 aromatic carbocycles. The predicted molar refractivity (Wildman–Crippen MR) is 78.8 cm³/mol. The molecule has 0 spiro atoms. The van der Waals surface area contributed by atoms with Crippen molar-refractivity contribution in [2.24, 2.45) is 0 Å². The minimum absolute atomic E-state index is 0.229. The second-order valence-electron chi connectivity index (χ2n) is 5.85. The lowest BCUT2D eigenvalue weighted by molar-refractivity contribution is -0.870. The molecule has 0 aliphatic carbocycles. The summed E-state index contributed by atoms with van der Waals surface area (Å²) in [7, 11) is 6.92. The van der Waals surface area contributed by atoms with E-state index in [0.717, 1.165) is 17.4 Å². The molecule has 0 heterocycles. The van der Waals surface area contributed by atoms with E-state index in [1.54, 1.807) is 0 Å². The Hall–Kier alpha value is 0.0200. The number of nitrogens with zero attached hydrogens (tertiary/aromatic N) is 1. The highest BCUT2D eigenvalue weighted by atomic mass is 31.1. The molecule has 0 aromatic heterocycles. The Morgan fingerprint density at radius 3 is 2.28 bits per heavy atom. The Bertz CT molecular complexity index is 214. The Morgan fingerprint density at radius 1 is 1.06 bits per heavy atom. The summed E-state index contributed by atoms with van der Waals surface area (Å²) in [6, 6.07) is 0. The average Bonchev–Trinajstić information content (AvgIpc) is 2.28. The van der Waals surface area contributed by atoms with Gasteiger partial charge in [0.25, 0.3) is 0 Å². The molecule has 0 aliphatic heterocycles. The van der Waals surface area contributed by atoms with Crippen LogP contribution in [0, 0.1) is 0 Å². The van der Waals surface area contributed by atoms with E-state index in [1.165, 1.54) is 32.1 Å². The fourth-order valence-electron chi connectivity index (χ4n) is 1.53. The fraction of sp³-hybridized carbons (Fsp3) is 0.929. The molecule has 0 saturated heterocycles. The summed E-state index contributed by atoms with van der Waals surface area (Å²) in [5, 5.41) is 0. The molecule has 0 rings (SSSR count). The molecule has 0 aliphatic rings. The average molecular weight is 275 g/mol. The van der Waals surface area contributed by atoms with E-state index in [0.29, 0.717) is 21.8 Å². The zero-order chi connectivity index (χ0) is 13.9. The first-order valence-corrected chi connectivity index (χ1v) is 7.93. The van der Waals surface area contributed by atoms with Crippen LogP contribution >= 0.6 is 8.81 Å². The number of carbonyl (C=O) groups is 1. The largest absolute Gasteiger partial charge is 0.546 e. The normalized spacial score (nSPS) is 12.4. The van der Waals surface area contributed by atoms with E-state index in [9.17, 15) is 4.79 Å². The maximum atomic E-state index is 11.5. The topological polar surface area (TPSA) is 26.3 Å². The first-order chi connectivity index (χ1) is 8.45. The number of carbonyl (C=O) groups excluding carboxylic acids is 1. The van der Waals surface area contributed by atoms with Gasteiger partial charge in [-0.15, -0.1) is 0 Å². The lowest BCUT2D eigenvalue weighted by atomic mass is 10.1. The molecule has 4 heteroatoms. The van der Waals surface area contributed by atoms with Crippen molar-refractivity contribution in [3.63, 3.8) is 0 Å². The van der Waals surface area contributed by atoms with Crippen LogP contribution in [0.25, 0.3) is 0 Å². The highest BCUT2D eigenvalue weighted by Crippen LogP contribution is 2.18. The van der Waals surface area contributed by atoms with Crippen LogP contribution in [0.5, 0.6) is 0 Å². The van der Waals surface area contributed by atoms with Gasteiger partial charge in [0.15, 0.2) is 0 Å². The molecule has 0 N–H and O–H groups in total. The van der Waals surface area contributed by atoms with Gasteiger partial charge in [-0.05, 0) is 12.8 Å². The lowest BCUT2D eigenvalue weighted by Gasteiger charge is -2.26. The second-order valence-corrected chi connectivity index (χ2v) is 6.79. The van der Waals surface area contributed by atoms with Crippen LogP contribution in [-0.2, 0) is 9.32 Å². The summed E-state index contributed by atoms with van der Waals surface area (Å²) in [5.74, 6) is 0. The van der Waals surface area contributed by atoms with E-state index < -0.39 is 0 Å². The first kappa shape index (κ1) is 18.0. The molecule has 0 fully saturated rings. The number of hydrogen-bond acceptors (Lipinski definition) is 2. The highest BCUT2D eigenvalue weighted by molar-refractivity contribution is 7.53. The van der Waals surface area contributed by atoms with Gasteiger partial charge in [0.1, 0.15) is 0 Å². The van der Waals surface area contributed by atoms with Crippen molar-refractivity contribution >= 4 is 14.3 Å². The summed E-state index contributed by atoms with van der Waals surface area (Å²) >= 11 is 0. The SMILES string of the molecule is CCCCCCCCC(=O)[P-]OCC[N+](C)(C)C. The van der Waals surface area contributed by atoms with E-state index in [4.69, 9.17) is 4.52 Å². The Kier molecular flexibility index (Phi) is 10.9. The van der Waals surface area contributed by atoms with Crippen molar-refractivity contribution < 1.29 is 13.8 Å². The zero-order valence-electron chi connectivity index (χ0n) is 12.6. The van der Waals surface area contributed by atoms with Crippen LogP contribution in [-0.4, -0.2) is 44.3 Å². The smallest absolute Gasteiger partial charge is 0.0989 e. The van der Waals surface area contributed by atoms with Crippen molar-refractivity contribution in [3.05, 3.63) is 0 Å². The first-order valence-electron chi connectivity index (χ1n) is 7.12. The molecule has 0 aromatic rings. The fourth-order valence-corrected chi connectivity index (χ4v) is 2.10. The molecule has 0 radical (unpaired) electrons. The number of hydrogen-bond donors (Lipinski definition) is 0. The molecule has 0 bridgehead atoms. The van der Waals surface area contributed by atoms with Crippen molar-refractivity contribution in [2.45, 2.75) is 51.9 Å². The highest BCUT2D eigenvalue weighted by Gasteiger charge is 2.03. The van der Waals surface area contributed by atoms with E-state index in [-0.39, 0.29) is 5.52 Å². The molecular formula is C14H30NO2P. The predicted octanol–water partition coefficient (Wildman–Crippen LogP) is 3.85. The quantitative estimate of drug-likeness (QED) is 0.307. The van der Waals surface area contributed by atoms with Crippen LogP contribution in [0.15, 0.2) is 0 Å². The van der Waals surface area contributed by atoms with E-state index >= 15 is 0 Å². The number of unbranched alkanes of at least 4 members (excludes halogenated alkanes) is 5. The van der Waals surface area contributed by atoms with Crippen molar-refractivity contribution in [3.8, 4) is 0 Å². The number of rotatable bonds is 12. The monoisotopic (exact) mass is 275 g/mol. The Morgan fingerprint density at radius 2 is 1.67 bits per heavy atom. The van der Waals surface area contributed by atoms with Gasteiger partial charge in [-0.1, -0.05) is 39.0 Å². The number of likely N-dealkylation sites (N-methyl/N-ethyl adjacent to an activating group) is 1. The third-order valence-electron chi connectivity index (χ3n) is 2.76. The van der Waals surface area contributed by atoms with Gasteiger partial charge < -0.3 is 22.6 Å². The standard InChI is InChI=1S/C14H30NO2P/c1-5-6-7-8-9-10-11-14(16)18-17-13-12-15(2,3)4/h5-13H2,1-4H3. The molecule has 18 heavy (non-hydrogen) atoms. The summed E-state index contributed by atoms with van der Waals surface area (Å²) < 4.78 is 6.25. The van der Waals surface area contributed by atoms with Crippen LogP contribution in [0.1, 0.15) is 51.9 Å². The van der Waals surface area contributed by atoms with Gasteiger partial charge in [0, 0.05) is 5.52 Å². The van der Waals surface area contributed by atoms with E-state index in [1.807, 2.05) is 0 Å². The van der Waals surface area contributed by atoms with Gasteiger partial charge in [0.05, 0.1) is 34.3 Å². The Labute approximate surface area is 115 Å². The minimum Gasteiger partial charge on any atom is -0.546 e. The maximum Gasteiger partial charge on any atom is 0.0989 e.